The van der Waals surface area contributed by atoms with Gasteiger partial charge in [0.15, 0.2) is 5.75 Å². The normalized spacial score (nSPS) is 19.3. The lowest BCUT2D eigenvalue weighted by atomic mass is 10.1. The first-order chi connectivity index (χ1) is 9.15. The fourth-order valence-corrected chi connectivity index (χ4v) is 2.59. The maximum absolute atomic E-state index is 10.2. The topological polar surface area (TPSA) is 29.5 Å². The van der Waals surface area contributed by atoms with Gasteiger partial charge in [-0.25, -0.2) is 0 Å². The Morgan fingerprint density at radius 1 is 1.11 bits per heavy atom. The van der Waals surface area contributed by atoms with E-state index in [0.29, 0.717) is 27.1 Å². The Labute approximate surface area is 120 Å². The van der Waals surface area contributed by atoms with E-state index in [0.717, 1.165) is 5.56 Å². The molecule has 1 unspecified atom stereocenters. The van der Waals surface area contributed by atoms with E-state index in [1.54, 1.807) is 18.2 Å². The van der Waals surface area contributed by atoms with Crippen LogP contribution < -0.4 is 4.74 Å². The molecule has 1 atom stereocenters. The van der Waals surface area contributed by atoms with Crippen molar-refractivity contribution in [1.82, 2.24) is 0 Å². The Bertz CT molecular complexity index is 651. The highest BCUT2D eigenvalue weighted by Gasteiger charge is 2.30. The summed E-state index contributed by atoms with van der Waals surface area (Å²) in [6.45, 7) is 0. The van der Waals surface area contributed by atoms with Crippen molar-refractivity contribution in [1.29, 1.82) is 0 Å². The number of aliphatic hydroxyl groups excluding tert-OH is 1. The second-order valence-electron chi connectivity index (χ2n) is 4.27. The van der Waals surface area contributed by atoms with Crippen LogP contribution in [0.3, 0.4) is 0 Å². The first kappa shape index (κ1) is 12.5. The zero-order chi connectivity index (χ0) is 13.4. The summed E-state index contributed by atoms with van der Waals surface area (Å²) in [6, 6.07) is 12.9. The lowest BCUT2D eigenvalue weighted by molar-refractivity contribution is 0.193. The van der Waals surface area contributed by atoms with E-state index in [1.165, 1.54) is 0 Å². The molecule has 0 spiro atoms. The molecular weight excluding hydrogens is 283 g/mol. The van der Waals surface area contributed by atoms with Gasteiger partial charge in [-0.2, -0.15) is 0 Å². The average Bonchev–Trinajstić information content (AvgIpc) is 2.69. The van der Waals surface area contributed by atoms with E-state index < -0.39 is 6.10 Å². The van der Waals surface area contributed by atoms with Crippen LogP contribution in [0.25, 0.3) is 6.08 Å². The van der Waals surface area contributed by atoms with Crippen LogP contribution in [0.5, 0.6) is 5.75 Å². The standard InChI is InChI=1S/C15H10Cl2O2/c16-10-7-11-14(18)13(19-15(11)12(17)8-10)6-9-4-2-1-3-5-9/h1-8,14,18H/b13-6+. The van der Waals surface area contributed by atoms with Crippen molar-refractivity contribution in [3.05, 3.63) is 69.4 Å². The number of benzene rings is 2. The monoisotopic (exact) mass is 292 g/mol. The molecule has 1 heterocycles. The van der Waals surface area contributed by atoms with Gasteiger partial charge in [0.1, 0.15) is 11.9 Å². The van der Waals surface area contributed by atoms with E-state index in [9.17, 15) is 5.11 Å². The second kappa shape index (κ2) is 4.89. The van der Waals surface area contributed by atoms with E-state index in [1.807, 2.05) is 30.3 Å². The summed E-state index contributed by atoms with van der Waals surface area (Å²) >= 11 is 12.0. The Hall–Kier alpha value is -1.48. The molecule has 1 aliphatic heterocycles. The zero-order valence-corrected chi connectivity index (χ0v) is 11.3. The van der Waals surface area contributed by atoms with Crippen LogP contribution in [-0.4, -0.2) is 5.11 Å². The minimum absolute atomic E-state index is 0.401. The fraction of sp³-hybridized carbons (Fsp3) is 0.0667. The van der Waals surface area contributed by atoms with Gasteiger partial charge in [-0.05, 0) is 23.8 Å². The van der Waals surface area contributed by atoms with Crippen LogP contribution in [0.1, 0.15) is 17.2 Å². The van der Waals surface area contributed by atoms with Gasteiger partial charge in [-0.15, -0.1) is 0 Å². The van der Waals surface area contributed by atoms with Gasteiger partial charge >= 0.3 is 0 Å². The smallest absolute Gasteiger partial charge is 0.152 e. The van der Waals surface area contributed by atoms with Gasteiger partial charge in [0.2, 0.25) is 0 Å². The molecule has 0 aromatic heterocycles. The SMILES string of the molecule is OC1/C(=C\c2ccccc2)Oc2c(Cl)cc(Cl)cc21. The Morgan fingerprint density at radius 2 is 1.84 bits per heavy atom. The molecule has 3 rings (SSSR count). The summed E-state index contributed by atoms with van der Waals surface area (Å²) in [5.74, 6) is 0.922. The number of hydrogen-bond donors (Lipinski definition) is 1. The molecule has 2 aromatic rings. The molecule has 0 amide bonds. The third kappa shape index (κ3) is 2.35. The van der Waals surface area contributed by atoms with Crippen molar-refractivity contribution < 1.29 is 9.84 Å². The molecule has 1 N–H and O–H groups in total. The highest BCUT2D eigenvalue weighted by Crippen LogP contribution is 2.45. The molecule has 0 aliphatic carbocycles. The predicted molar refractivity (Wildman–Crippen MR) is 76.5 cm³/mol. The molecule has 0 radical (unpaired) electrons. The number of halogens is 2. The lowest BCUT2D eigenvalue weighted by Crippen LogP contribution is -1.96. The summed E-state index contributed by atoms with van der Waals surface area (Å²) in [4.78, 5) is 0. The molecular formula is C15H10Cl2O2. The second-order valence-corrected chi connectivity index (χ2v) is 5.11. The third-order valence-electron chi connectivity index (χ3n) is 2.93. The highest BCUT2D eigenvalue weighted by molar-refractivity contribution is 6.35. The van der Waals surface area contributed by atoms with Crippen LogP contribution in [0.4, 0.5) is 0 Å². The van der Waals surface area contributed by atoms with Crippen LogP contribution in [0, 0.1) is 0 Å². The van der Waals surface area contributed by atoms with Crippen molar-refractivity contribution in [2.75, 3.05) is 0 Å². The van der Waals surface area contributed by atoms with Crippen LogP contribution in [0.2, 0.25) is 10.0 Å². The number of hydrogen-bond acceptors (Lipinski definition) is 2. The molecule has 2 nitrogen and oxygen atoms in total. The van der Waals surface area contributed by atoms with Crippen LogP contribution in [0.15, 0.2) is 48.2 Å². The van der Waals surface area contributed by atoms with Gasteiger partial charge in [0.05, 0.1) is 5.02 Å². The Kier molecular flexibility index (Phi) is 3.23. The number of rotatable bonds is 1. The first-order valence-electron chi connectivity index (χ1n) is 5.76. The highest BCUT2D eigenvalue weighted by atomic mass is 35.5. The van der Waals surface area contributed by atoms with Crippen molar-refractivity contribution in [2.24, 2.45) is 0 Å². The summed E-state index contributed by atoms with van der Waals surface area (Å²) in [7, 11) is 0. The van der Waals surface area contributed by atoms with Crippen LogP contribution >= 0.6 is 23.2 Å². The lowest BCUT2D eigenvalue weighted by Gasteiger charge is -2.03. The minimum Gasteiger partial charge on any atom is -0.457 e. The van der Waals surface area contributed by atoms with Crippen molar-refractivity contribution in [3.8, 4) is 5.75 Å². The molecule has 4 heteroatoms. The van der Waals surface area contributed by atoms with E-state index >= 15 is 0 Å². The van der Waals surface area contributed by atoms with Crippen molar-refractivity contribution in [3.63, 3.8) is 0 Å². The van der Waals surface area contributed by atoms with E-state index in [-0.39, 0.29) is 0 Å². The molecule has 0 saturated carbocycles. The quantitative estimate of drug-likeness (QED) is 0.841. The maximum Gasteiger partial charge on any atom is 0.152 e. The molecule has 19 heavy (non-hydrogen) atoms. The van der Waals surface area contributed by atoms with Gasteiger partial charge < -0.3 is 9.84 Å². The maximum atomic E-state index is 10.2. The number of ether oxygens (including phenoxy) is 1. The van der Waals surface area contributed by atoms with E-state index in [2.05, 4.69) is 0 Å². The van der Waals surface area contributed by atoms with Gasteiger partial charge in [-0.3, -0.25) is 0 Å². The van der Waals surface area contributed by atoms with Gasteiger partial charge in [-0.1, -0.05) is 53.5 Å². The summed E-state index contributed by atoms with van der Waals surface area (Å²) < 4.78 is 5.63. The average molecular weight is 293 g/mol. The van der Waals surface area contributed by atoms with Gasteiger partial charge in [0, 0.05) is 10.6 Å². The van der Waals surface area contributed by atoms with Gasteiger partial charge in [0.25, 0.3) is 0 Å². The molecule has 0 saturated heterocycles. The van der Waals surface area contributed by atoms with E-state index in [4.69, 9.17) is 27.9 Å². The first-order valence-corrected chi connectivity index (χ1v) is 6.52. The molecule has 1 aliphatic rings. The fourth-order valence-electron chi connectivity index (χ4n) is 2.04. The molecule has 0 fully saturated rings. The van der Waals surface area contributed by atoms with Crippen molar-refractivity contribution >= 4 is 29.3 Å². The van der Waals surface area contributed by atoms with Crippen LogP contribution in [-0.2, 0) is 0 Å². The zero-order valence-electron chi connectivity index (χ0n) is 9.81. The molecule has 96 valence electrons. The molecule has 2 aromatic carbocycles. The minimum atomic E-state index is -0.841. The summed E-state index contributed by atoms with van der Waals surface area (Å²) in [5, 5.41) is 11.1. The summed E-state index contributed by atoms with van der Waals surface area (Å²) in [5.41, 5.74) is 1.55. The van der Waals surface area contributed by atoms with Crippen molar-refractivity contribution in [2.45, 2.75) is 6.10 Å². The number of aliphatic hydroxyl groups is 1. The Morgan fingerprint density at radius 3 is 2.58 bits per heavy atom. The summed E-state index contributed by atoms with van der Waals surface area (Å²) in [6.07, 6.45) is 0.945. The Balaban J connectivity index is 2.02. The molecule has 0 bridgehead atoms. The third-order valence-corrected chi connectivity index (χ3v) is 3.43. The largest absolute Gasteiger partial charge is 0.457 e. The predicted octanol–water partition coefficient (Wildman–Crippen LogP) is 4.46. The number of fused-ring (bicyclic) bond motifs is 1.